The molecular formula is C28H37N5O4. The number of carbonyl (C=O) groups excluding carboxylic acids is 2. The van der Waals surface area contributed by atoms with Crippen LogP contribution in [0.15, 0.2) is 48.5 Å². The van der Waals surface area contributed by atoms with E-state index in [1.54, 1.807) is 38.5 Å². The molecule has 2 aromatic carbocycles. The molecule has 1 aliphatic rings. The van der Waals surface area contributed by atoms with E-state index < -0.39 is 6.04 Å². The van der Waals surface area contributed by atoms with E-state index in [1.165, 1.54) is 0 Å². The molecule has 2 amide bonds. The van der Waals surface area contributed by atoms with Gasteiger partial charge in [0, 0.05) is 63.8 Å². The predicted molar refractivity (Wildman–Crippen MR) is 143 cm³/mol. The molecule has 198 valence electrons. The number of ether oxygens (including phenoxy) is 2. The number of nitrogens with two attached hydrogens (primary N) is 1. The summed E-state index contributed by atoms with van der Waals surface area (Å²) in [6, 6.07) is 14.6. The second-order valence-corrected chi connectivity index (χ2v) is 9.54. The van der Waals surface area contributed by atoms with Crippen molar-refractivity contribution in [3.05, 3.63) is 59.9 Å². The lowest BCUT2D eigenvalue weighted by Gasteiger charge is -2.33. The van der Waals surface area contributed by atoms with Gasteiger partial charge in [0.25, 0.3) is 5.91 Å². The van der Waals surface area contributed by atoms with E-state index in [1.807, 2.05) is 23.1 Å². The number of para-hydroxylation sites is 2. The number of hydrogen-bond donors (Lipinski definition) is 2. The SMILES string of the molecule is COCCCn1c(C2CCCN(C(=O)CC(N)CNC(=O)c3cccc(OC)c3)C2)nc2ccccc21. The molecule has 1 fully saturated rings. The maximum Gasteiger partial charge on any atom is 0.251 e. The van der Waals surface area contributed by atoms with Crippen molar-refractivity contribution in [1.82, 2.24) is 19.8 Å². The van der Waals surface area contributed by atoms with Crippen LogP contribution >= 0.6 is 0 Å². The number of benzene rings is 2. The molecule has 0 aliphatic carbocycles. The average molecular weight is 508 g/mol. The minimum absolute atomic E-state index is 0.00914. The molecular weight excluding hydrogens is 470 g/mol. The fourth-order valence-electron chi connectivity index (χ4n) is 4.94. The first-order chi connectivity index (χ1) is 18.0. The van der Waals surface area contributed by atoms with Gasteiger partial charge in [-0.2, -0.15) is 0 Å². The van der Waals surface area contributed by atoms with E-state index in [4.69, 9.17) is 20.2 Å². The highest BCUT2D eigenvalue weighted by Gasteiger charge is 2.29. The van der Waals surface area contributed by atoms with E-state index in [-0.39, 0.29) is 30.7 Å². The third-order valence-corrected chi connectivity index (χ3v) is 6.85. The zero-order chi connectivity index (χ0) is 26.2. The van der Waals surface area contributed by atoms with Gasteiger partial charge in [0.05, 0.1) is 18.1 Å². The Kier molecular flexibility index (Phi) is 9.14. The summed E-state index contributed by atoms with van der Waals surface area (Å²) >= 11 is 0. The van der Waals surface area contributed by atoms with Gasteiger partial charge in [-0.1, -0.05) is 18.2 Å². The van der Waals surface area contributed by atoms with Crippen LogP contribution in [0.5, 0.6) is 5.75 Å². The smallest absolute Gasteiger partial charge is 0.251 e. The maximum absolute atomic E-state index is 13.1. The number of likely N-dealkylation sites (tertiary alicyclic amines) is 1. The number of aryl methyl sites for hydroxylation is 1. The number of methoxy groups -OCH3 is 2. The highest BCUT2D eigenvalue weighted by Crippen LogP contribution is 2.30. The monoisotopic (exact) mass is 507 g/mol. The van der Waals surface area contributed by atoms with Crippen LogP contribution in [0, 0.1) is 0 Å². The van der Waals surface area contributed by atoms with E-state index in [0.717, 1.165) is 42.7 Å². The quantitative estimate of drug-likeness (QED) is 0.386. The van der Waals surface area contributed by atoms with Gasteiger partial charge >= 0.3 is 0 Å². The van der Waals surface area contributed by atoms with Crippen LogP contribution in [-0.4, -0.2) is 72.8 Å². The van der Waals surface area contributed by atoms with Gasteiger partial charge in [-0.05, 0) is 49.6 Å². The minimum atomic E-state index is -0.471. The molecule has 9 heteroatoms. The lowest BCUT2D eigenvalue weighted by Crippen LogP contribution is -2.45. The van der Waals surface area contributed by atoms with Crippen LogP contribution in [0.3, 0.4) is 0 Å². The highest BCUT2D eigenvalue weighted by atomic mass is 16.5. The normalized spacial score (nSPS) is 16.5. The largest absolute Gasteiger partial charge is 0.497 e. The first-order valence-electron chi connectivity index (χ1n) is 12.9. The van der Waals surface area contributed by atoms with Crippen molar-refractivity contribution in [3.63, 3.8) is 0 Å². The second-order valence-electron chi connectivity index (χ2n) is 9.54. The standard InChI is InChI=1S/C28H37N5O4/c1-36-15-7-14-33-25-12-4-3-11-24(25)31-27(33)21-9-6-13-32(19-21)26(34)17-22(29)18-30-28(35)20-8-5-10-23(16-20)37-2/h3-5,8,10-12,16,21-22H,6-7,9,13-15,17-19,29H2,1-2H3,(H,30,35). The van der Waals surface area contributed by atoms with Gasteiger partial charge in [-0.3, -0.25) is 9.59 Å². The average Bonchev–Trinajstić information content (AvgIpc) is 3.30. The highest BCUT2D eigenvalue weighted by molar-refractivity contribution is 5.94. The van der Waals surface area contributed by atoms with Crippen molar-refractivity contribution in [2.45, 2.75) is 44.2 Å². The van der Waals surface area contributed by atoms with Crippen molar-refractivity contribution >= 4 is 22.8 Å². The van der Waals surface area contributed by atoms with Crippen LogP contribution in [0.2, 0.25) is 0 Å². The number of nitrogens with zero attached hydrogens (tertiary/aromatic N) is 3. The Morgan fingerprint density at radius 2 is 2.03 bits per heavy atom. The Hall–Kier alpha value is -3.43. The summed E-state index contributed by atoms with van der Waals surface area (Å²) in [5.41, 5.74) is 8.82. The number of imidazole rings is 1. The molecule has 2 atom stereocenters. The Balaban J connectivity index is 1.35. The number of piperidine rings is 1. The lowest BCUT2D eigenvalue weighted by atomic mass is 9.96. The molecule has 37 heavy (non-hydrogen) atoms. The first kappa shape index (κ1) is 26.6. The number of nitrogens with one attached hydrogen (secondary N) is 1. The van der Waals surface area contributed by atoms with Gasteiger partial charge in [0.2, 0.25) is 5.91 Å². The number of aromatic nitrogens is 2. The van der Waals surface area contributed by atoms with Gasteiger partial charge < -0.3 is 30.0 Å². The van der Waals surface area contributed by atoms with Crippen molar-refractivity contribution in [2.75, 3.05) is 40.5 Å². The Bertz CT molecular complexity index is 1210. The Morgan fingerprint density at radius 3 is 2.84 bits per heavy atom. The van der Waals surface area contributed by atoms with Crippen molar-refractivity contribution in [2.24, 2.45) is 5.73 Å². The summed E-state index contributed by atoms with van der Waals surface area (Å²) in [5.74, 6) is 1.57. The summed E-state index contributed by atoms with van der Waals surface area (Å²) in [5, 5.41) is 2.83. The molecule has 1 saturated heterocycles. The van der Waals surface area contributed by atoms with Gasteiger partial charge in [-0.15, -0.1) is 0 Å². The van der Waals surface area contributed by atoms with Crippen LogP contribution in [0.25, 0.3) is 11.0 Å². The summed E-state index contributed by atoms with van der Waals surface area (Å²) in [4.78, 5) is 32.5. The topological polar surface area (TPSA) is 112 Å². The molecule has 2 unspecified atom stereocenters. The molecule has 3 aromatic rings. The fraction of sp³-hybridized carbons (Fsp3) is 0.464. The molecule has 0 radical (unpaired) electrons. The summed E-state index contributed by atoms with van der Waals surface area (Å²) in [6.45, 7) is 3.06. The van der Waals surface area contributed by atoms with E-state index >= 15 is 0 Å². The number of hydrogen-bond acceptors (Lipinski definition) is 6. The van der Waals surface area contributed by atoms with Crippen molar-refractivity contribution < 1.29 is 19.1 Å². The van der Waals surface area contributed by atoms with Crippen LogP contribution < -0.4 is 15.8 Å². The first-order valence-corrected chi connectivity index (χ1v) is 12.9. The summed E-state index contributed by atoms with van der Waals surface area (Å²) < 4.78 is 12.7. The van der Waals surface area contributed by atoms with Crippen LogP contribution in [-0.2, 0) is 16.1 Å². The third-order valence-electron chi connectivity index (χ3n) is 6.85. The molecule has 0 spiro atoms. The number of fused-ring (bicyclic) bond motifs is 1. The van der Waals surface area contributed by atoms with E-state index in [2.05, 4.69) is 16.0 Å². The molecule has 0 saturated carbocycles. The van der Waals surface area contributed by atoms with Gasteiger partial charge in [-0.25, -0.2) is 4.98 Å². The third kappa shape index (κ3) is 6.67. The molecule has 3 N–H and O–H groups in total. The molecule has 0 bridgehead atoms. The molecule has 1 aromatic heterocycles. The van der Waals surface area contributed by atoms with E-state index in [0.29, 0.717) is 31.0 Å². The molecule has 1 aliphatic heterocycles. The summed E-state index contributed by atoms with van der Waals surface area (Å²) in [6.07, 6.45) is 2.98. The van der Waals surface area contributed by atoms with Crippen LogP contribution in [0.4, 0.5) is 0 Å². The van der Waals surface area contributed by atoms with Crippen molar-refractivity contribution in [3.8, 4) is 5.75 Å². The predicted octanol–water partition coefficient (Wildman–Crippen LogP) is 2.93. The zero-order valence-corrected chi connectivity index (χ0v) is 21.7. The molecule has 2 heterocycles. The van der Waals surface area contributed by atoms with E-state index in [9.17, 15) is 9.59 Å². The van der Waals surface area contributed by atoms with Crippen LogP contribution in [0.1, 0.15) is 47.8 Å². The molecule has 4 rings (SSSR count). The molecule has 9 nitrogen and oxygen atoms in total. The maximum atomic E-state index is 13.1. The summed E-state index contributed by atoms with van der Waals surface area (Å²) in [7, 11) is 3.27. The number of carbonyl (C=O) groups is 2. The zero-order valence-electron chi connectivity index (χ0n) is 21.7. The fourth-order valence-corrected chi connectivity index (χ4v) is 4.94. The van der Waals surface area contributed by atoms with Gasteiger partial charge in [0.15, 0.2) is 0 Å². The van der Waals surface area contributed by atoms with Gasteiger partial charge in [0.1, 0.15) is 11.6 Å². The lowest BCUT2D eigenvalue weighted by molar-refractivity contribution is -0.132. The Labute approximate surface area is 217 Å². The Morgan fingerprint density at radius 1 is 1.19 bits per heavy atom. The number of rotatable bonds is 11. The second kappa shape index (κ2) is 12.7. The van der Waals surface area contributed by atoms with Crippen molar-refractivity contribution in [1.29, 1.82) is 0 Å². The number of amides is 2. The minimum Gasteiger partial charge on any atom is -0.497 e.